The van der Waals surface area contributed by atoms with Gasteiger partial charge in [-0.05, 0) is 11.8 Å². The molecular weight excluding hydrogens is 192 g/mol. The summed E-state index contributed by atoms with van der Waals surface area (Å²) in [6.07, 6.45) is -0.258. The van der Waals surface area contributed by atoms with E-state index in [-0.39, 0.29) is 6.29 Å². The van der Waals surface area contributed by atoms with Crippen LogP contribution in [0.5, 0.6) is 0 Å². The van der Waals surface area contributed by atoms with Gasteiger partial charge >= 0.3 is 0 Å². The molecule has 1 unspecified atom stereocenters. The molecule has 0 aromatic rings. The van der Waals surface area contributed by atoms with Crippen LogP contribution in [0.2, 0.25) is 0 Å². The summed E-state index contributed by atoms with van der Waals surface area (Å²) >= 11 is 0. The summed E-state index contributed by atoms with van der Waals surface area (Å²) < 4.78 is 5.60. The fourth-order valence-electron chi connectivity index (χ4n) is 0.861. The highest BCUT2D eigenvalue weighted by atomic mass is 17.2. The first-order valence-corrected chi connectivity index (χ1v) is 5.83. The number of hydrogen-bond donors (Lipinski definition) is 0. The number of ether oxygens (including phenoxy) is 1. The predicted molar refractivity (Wildman–Crippen MR) is 61.3 cm³/mol. The molecule has 0 fully saturated rings. The first-order valence-electron chi connectivity index (χ1n) is 5.83. The van der Waals surface area contributed by atoms with Gasteiger partial charge in [0.15, 0.2) is 6.29 Å². The maximum absolute atomic E-state index is 5.60. The molecule has 0 aromatic carbocycles. The van der Waals surface area contributed by atoms with Gasteiger partial charge in [-0.1, -0.05) is 41.5 Å². The molecule has 0 N–H and O–H groups in total. The fourth-order valence-corrected chi connectivity index (χ4v) is 0.861. The van der Waals surface area contributed by atoms with E-state index in [0.29, 0.717) is 31.0 Å². The van der Waals surface area contributed by atoms with E-state index in [0.717, 1.165) is 0 Å². The average molecular weight is 218 g/mol. The lowest BCUT2D eigenvalue weighted by atomic mass is 10.2. The van der Waals surface area contributed by atoms with Crippen molar-refractivity contribution in [1.82, 2.24) is 0 Å². The number of hydrogen-bond acceptors (Lipinski definition) is 3. The molecule has 0 aromatic heterocycles. The lowest BCUT2D eigenvalue weighted by Crippen LogP contribution is -2.26. The summed E-state index contributed by atoms with van der Waals surface area (Å²) in [5, 5.41) is 0. The lowest BCUT2D eigenvalue weighted by Gasteiger charge is -2.21. The minimum Gasteiger partial charge on any atom is -0.349 e. The van der Waals surface area contributed by atoms with Gasteiger partial charge in [0, 0.05) is 5.92 Å². The molecule has 15 heavy (non-hydrogen) atoms. The molecule has 3 nitrogen and oxygen atoms in total. The Labute approximate surface area is 94.0 Å². The van der Waals surface area contributed by atoms with Gasteiger partial charge in [0.1, 0.15) is 0 Å². The highest BCUT2D eigenvalue weighted by Crippen LogP contribution is 2.11. The number of rotatable bonds is 8. The molecular formula is C12H26O3. The topological polar surface area (TPSA) is 27.7 Å². The Hall–Kier alpha value is -0.120. The molecule has 0 saturated heterocycles. The Kier molecular flexibility index (Phi) is 8.02. The first kappa shape index (κ1) is 14.9. The van der Waals surface area contributed by atoms with Crippen LogP contribution in [0.15, 0.2) is 0 Å². The third-order valence-electron chi connectivity index (χ3n) is 1.70. The van der Waals surface area contributed by atoms with Crippen molar-refractivity contribution in [3.8, 4) is 0 Å². The van der Waals surface area contributed by atoms with Crippen molar-refractivity contribution in [1.29, 1.82) is 0 Å². The van der Waals surface area contributed by atoms with Crippen LogP contribution in [0.25, 0.3) is 0 Å². The maximum Gasteiger partial charge on any atom is 0.193 e. The van der Waals surface area contributed by atoms with E-state index in [1.165, 1.54) is 0 Å². The monoisotopic (exact) mass is 218 g/mol. The molecule has 3 heteroatoms. The molecule has 0 aliphatic carbocycles. The molecule has 1 atom stereocenters. The molecule has 0 bridgehead atoms. The van der Waals surface area contributed by atoms with E-state index in [1.54, 1.807) is 0 Å². The zero-order valence-electron chi connectivity index (χ0n) is 10.9. The third-order valence-corrected chi connectivity index (χ3v) is 1.70. The van der Waals surface area contributed by atoms with Crippen LogP contribution in [-0.4, -0.2) is 19.5 Å². The minimum absolute atomic E-state index is 0.258. The second-order valence-corrected chi connectivity index (χ2v) is 5.11. The summed E-state index contributed by atoms with van der Waals surface area (Å²) in [6.45, 7) is 13.8. The normalized spacial score (nSPS) is 14.2. The van der Waals surface area contributed by atoms with Gasteiger partial charge in [0.25, 0.3) is 0 Å². The zero-order valence-corrected chi connectivity index (χ0v) is 10.9. The van der Waals surface area contributed by atoms with Gasteiger partial charge in [-0.2, -0.15) is 0 Å². The van der Waals surface area contributed by atoms with Crippen molar-refractivity contribution < 1.29 is 14.5 Å². The SMILES string of the molecule is CC(C)COOC(OCC(C)C)C(C)C. The summed E-state index contributed by atoms with van der Waals surface area (Å²) in [7, 11) is 0. The fraction of sp³-hybridized carbons (Fsp3) is 1.00. The molecule has 0 aliphatic heterocycles. The van der Waals surface area contributed by atoms with E-state index in [9.17, 15) is 0 Å². The van der Waals surface area contributed by atoms with E-state index in [4.69, 9.17) is 14.5 Å². The van der Waals surface area contributed by atoms with E-state index >= 15 is 0 Å². The van der Waals surface area contributed by atoms with E-state index < -0.39 is 0 Å². The van der Waals surface area contributed by atoms with Crippen LogP contribution in [0.3, 0.4) is 0 Å². The standard InChI is InChI=1S/C12H26O3/c1-9(2)7-13-12(11(5)6)15-14-8-10(3)4/h9-12H,7-8H2,1-6H3. The van der Waals surface area contributed by atoms with Gasteiger partial charge in [0.2, 0.25) is 0 Å². The maximum atomic E-state index is 5.60. The zero-order chi connectivity index (χ0) is 11.8. The highest BCUT2D eigenvalue weighted by Gasteiger charge is 2.16. The van der Waals surface area contributed by atoms with E-state index in [1.807, 2.05) is 0 Å². The van der Waals surface area contributed by atoms with Crippen LogP contribution < -0.4 is 0 Å². The molecule has 0 saturated carbocycles. The Morgan fingerprint density at radius 3 is 1.73 bits per heavy atom. The summed E-state index contributed by atoms with van der Waals surface area (Å²) in [6, 6.07) is 0. The van der Waals surface area contributed by atoms with Gasteiger partial charge in [-0.3, -0.25) is 0 Å². The van der Waals surface area contributed by atoms with Crippen molar-refractivity contribution in [2.45, 2.75) is 47.8 Å². The molecule has 92 valence electrons. The van der Waals surface area contributed by atoms with Gasteiger partial charge < -0.3 is 4.74 Å². The van der Waals surface area contributed by atoms with Crippen LogP contribution in [-0.2, 0) is 14.5 Å². The second kappa shape index (κ2) is 8.08. The van der Waals surface area contributed by atoms with Crippen LogP contribution in [0, 0.1) is 17.8 Å². The molecule has 0 aliphatic rings. The van der Waals surface area contributed by atoms with Crippen molar-refractivity contribution >= 4 is 0 Å². The first-order chi connectivity index (χ1) is 6.93. The van der Waals surface area contributed by atoms with Crippen molar-refractivity contribution in [3.05, 3.63) is 0 Å². The Morgan fingerprint density at radius 2 is 1.33 bits per heavy atom. The molecule has 0 heterocycles. The largest absolute Gasteiger partial charge is 0.349 e. The van der Waals surface area contributed by atoms with Gasteiger partial charge in [-0.25, -0.2) is 9.78 Å². The molecule has 0 amide bonds. The Balaban J connectivity index is 3.73. The average Bonchev–Trinajstić information content (AvgIpc) is 2.09. The predicted octanol–water partition coefficient (Wildman–Crippen LogP) is 3.25. The van der Waals surface area contributed by atoms with Gasteiger partial charge in [-0.15, -0.1) is 0 Å². The second-order valence-electron chi connectivity index (χ2n) is 5.11. The molecule has 0 radical (unpaired) electrons. The quantitative estimate of drug-likeness (QED) is 0.355. The van der Waals surface area contributed by atoms with E-state index in [2.05, 4.69) is 41.5 Å². The summed E-state index contributed by atoms with van der Waals surface area (Å²) in [5.74, 6) is 1.29. The van der Waals surface area contributed by atoms with Crippen molar-refractivity contribution in [3.63, 3.8) is 0 Å². The Bertz CT molecular complexity index is 144. The van der Waals surface area contributed by atoms with Crippen LogP contribution in [0.4, 0.5) is 0 Å². The van der Waals surface area contributed by atoms with Crippen molar-refractivity contribution in [2.75, 3.05) is 13.2 Å². The third kappa shape index (κ3) is 8.85. The lowest BCUT2D eigenvalue weighted by molar-refractivity contribution is -0.392. The molecule has 0 rings (SSSR count). The Morgan fingerprint density at radius 1 is 0.800 bits per heavy atom. The molecule has 0 spiro atoms. The van der Waals surface area contributed by atoms with Crippen LogP contribution >= 0.6 is 0 Å². The summed E-state index contributed by atoms with van der Waals surface area (Å²) in [5.41, 5.74) is 0. The highest BCUT2D eigenvalue weighted by molar-refractivity contribution is 4.50. The van der Waals surface area contributed by atoms with Crippen LogP contribution in [0.1, 0.15) is 41.5 Å². The van der Waals surface area contributed by atoms with Crippen molar-refractivity contribution in [2.24, 2.45) is 17.8 Å². The van der Waals surface area contributed by atoms with Gasteiger partial charge in [0.05, 0.1) is 13.2 Å². The summed E-state index contributed by atoms with van der Waals surface area (Å²) in [4.78, 5) is 10.4. The minimum atomic E-state index is -0.258. The smallest absolute Gasteiger partial charge is 0.193 e.